The van der Waals surface area contributed by atoms with Crippen molar-refractivity contribution in [3.8, 4) is 0 Å². The number of aliphatic hydroxyl groups is 2. The van der Waals surface area contributed by atoms with Gasteiger partial charge in [0.1, 0.15) is 18.3 Å². The zero-order chi connectivity index (χ0) is 37.6. The fourth-order valence-electron chi connectivity index (χ4n) is 9.56. The normalized spacial score (nSPS) is 33.5. The maximum atomic E-state index is 13.6. The maximum absolute atomic E-state index is 13.6. The monoisotopic (exact) mass is 710 g/mol. The zero-order valence-corrected chi connectivity index (χ0v) is 32.0. The highest BCUT2D eigenvalue weighted by Gasteiger charge is 2.87. The number of rotatable bonds is 18. The number of fused-ring (bicyclic) bond motifs is 5. The van der Waals surface area contributed by atoms with Crippen molar-refractivity contribution in [3.05, 3.63) is 47.6 Å². The zero-order valence-electron chi connectivity index (χ0n) is 32.0. The fourth-order valence-corrected chi connectivity index (χ4v) is 9.56. The summed E-state index contributed by atoms with van der Waals surface area (Å²) in [5.74, 6) is -5.07. The van der Waals surface area contributed by atoms with Gasteiger partial charge in [-0.2, -0.15) is 0 Å². The third-order valence-corrected chi connectivity index (χ3v) is 12.1. The lowest BCUT2D eigenvalue weighted by atomic mass is 9.59. The van der Waals surface area contributed by atoms with Crippen molar-refractivity contribution in [1.82, 2.24) is 0 Å². The van der Waals surface area contributed by atoms with Gasteiger partial charge in [-0.3, -0.25) is 19.2 Å². The number of carbonyl (C=O) groups excluding carboxylic acids is 4. The minimum absolute atomic E-state index is 0.126. The summed E-state index contributed by atoms with van der Waals surface area (Å²) >= 11 is 0. The SMILES string of the molecule is CCCCC/C=C\C/C=C\CCCCCCCC(=O)OCC1=C[C@H]2[C@@H]3C(C)(C)[C@]3(OC(C)=O)[C@H](OC(C)=O)[C@@H](C)[C@]2(O)[C@@H]2C=C(C)C(=O)[C@@]2(O)C1. The molecular weight excluding hydrogens is 648 g/mol. The molecule has 8 atom stereocenters. The van der Waals surface area contributed by atoms with E-state index >= 15 is 0 Å². The highest BCUT2D eigenvalue weighted by atomic mass is 16.6. The van der Waals surface area contributed by atoms with Gasteiger partial charge in [-0.1, -0.05) is 96.3 Å². The summed E-state index contributed by atoms with van der Waals surface area (Å²) in [4.78, 5) is 51.3. The molecule has 51 heavy (non-hydrogen) atoms. The topological polar surface area (TPSA) is 136 Å². The van der Waals surface area contributed by atoms with Crippen molar-refractivity contribution in [2.24, 2.45) is 29.1 Å². The number of esters is 3. The molecular formula is C42H62O9. The van der Waals surface area contributed by atoms with Crippen LogP contribution in [0.2, 0.25) is 0 Å². The summed E-state index contributed by atoms with van der Waals surface area (Å²) < 4.78 is 17.6. The number of allylic oxidation sites excluding steroid dienone is 4. The summed E-state index contributed by atoms with van der Waals surface area (Å²) in [7, 11) is 0. The lowest BCUT2D eigenvalue weighted by molar-refractivity contribution is -0.227. The van der Waals surface area contributed by atoms with E-state index in [0.717, 1.165) is 38.5 Å². The smallest absolute Gasteiger partial charge is 0.306 e. The molecule has 4 aliphatic rings. The van der Waals surface area contributed by atoms with E-state index in [-0.39, 0.29) is 25.4 Å². The van der Waals surface area contributed by atoms with E-state index in [2.05, 4.69) is 31.2 Å². The van der Waals surface area contributed by atoms with Gasteiger partial charge in [-0.25, -0.2) is 0 Å². The van der Waals surface area contributed by atoms with Gasteiger partial charge in [0.2, 0.25) is 0 Å². The second-order valence-corrected chi connectivity index (χ2v) is 16.0. The number of Topliss-reactive ketones (excluding diaryl/α,β-unsaturated/α-hetero) is 1. The van der Waals surface area contributed by atoms with E-state index in [1.54, 1.807) is 19.9 Å². The number of ketones is 1. The summed E-state index contributed by atoms with van der Waals surface area (Å²) in [6, 6.07) is 0. The molecule has 0 saturated heterocycles. The molecule has 0 spiro atoms. The molecule has 0 aromatic carbocycles. The van der Waals surface area contributed by atoms with Gasteiger partial charge < -0.3 is 24.4 Å². The van der Waals surface area contributed by atoms with Crippen LogP contribution in [0.3, 0.4) is 0 Å². The first-order valence-corrected chi connectivity index (χ1v) is 19.3. The molecule has 4 aliphatic carbocycles. The van der Waals surface area contributed by atoms with Gasteiger partial charge in [0, 0.05) is 55.8 Å². The van der Waals surface area contributed by atoms with Crippen LogP contribution in [0, 0.1) is 29.1 Å². The Labute approximate surface area is 304 Å². The average molecular weight is 711 g/mol. The minimum atomic E-state index is -1.98. The van der Waals surface area contributed by atoms with Crippen LogP contribution < -0.4 is 0 Å². The van der Waals surface area contributed by atoms with Crippen molar-refractivity contribution in [1.29, 1.82) is 0 Å². The van der Waals surface area contributed by atoms with Gasteiger partial charge in [-0.05, 0) is 56.6 Å². The second-order valence-electron chi connectivity index (χ2n) is 16.0. The molecule has 0 bridgehead atoms. The lowest BCUT2D eigenvalue weighted by Crippen LogP contribution is -2.66. The van der Waals surface area contributed by atoms with Crippen LogP contribution in [0.25, 0.3) is 0 Å². The van der Waals surface area contributed by atoms with Crippen LogP contribution in [0.5, 0.6) is 0 Å². The number of hydrogen-bond acceptors (Lipinski definition) is 9. The van der Waals surface area contributed by atoms with Crippen molar-refractivity contribution in [2.45, 2.75) is 155 Å². The third kappa shape index (κ3) is 8.14. The molecule has 0 amide bonds. The number of hydrogen-bond donors (Lipinski definition) is 2. The van der Waals surface area contributed by atoms with Crippen LogP contribution in [0.15, 0.2) is 47.6 Å². The molecule has 0 radical (unpaired) electrons. The second kappa shape index (κ2) is 16.7. The molecule has 0 aromatic heterocycles. The Balaban J connectivity index is 1.38. The summed E-state index contributed by atoms with van der Waals surface area (Å²) in [5, 5.41) is 24.9. The Kier molecular flexibility index (Phi) is 13.4. The molecule has 4 rings (SSSR count). The van der Waals surface area contributed by atoms with Crippen molar-refractivity contribution < 1.29 is 43.6 Å². The Hall–Kier alpha value is -3.04. The number of unbranched alkanes of at least 4 members (excludes halogenated alkanes) is 8. The van der Waals surface area contributed by atoms with E-state index in [1.165, 1.54) is 39.5 Å². The van der Waals surface area contributed by atoms with Gasteiger partial charge in [-0.15, -0.1) is 0 Å². The standard InChI is InChI=1S/C42H62O9/c1-8-9-10-11-12-13-14-15-16-17-18-19-20-21-22-23-35(45)49-27-32-25-33-36-39(6,7)42(36,51-31(5)44)38(50-30(4)43)29(3)41(33,48)34-24-28(2)37(46)40(34,47)26-32/h12-13,15-16,24-25,29,33-34,36,38,47-48H,8-11,14,17-23,26-27H2,1-7H3/b13-12-,16-15-/t29-,33+,34-,36-,38-,40-,41-,42-/m1/s1. The maximum Gasteiger partial charge on any atom is 0.306 e. The molecule has 0 aliphatic heterocycles. The van der Waals surface area contributed by atoms with Gasteiger partial charge in [0.25, 0.3) is 0 Å². The molecule has 0 aromatic rings. The molecule has 9 nitrogen and oxygen atoms in total. The third-order valence-electron chi connectivity index (χ3n) is 12.1. The minimum Gasteiger partial charge on any atom is -0.461 e. The Morgan fingerprint density at radius 2 is 1.53 bits per heavy atom. The van der Waals surface area contributed by atoms with Crippen molar-refractivity contribution in [3.63, 3.8) is 0 Å². The largest absolute Gasteiger partial charge is 0.461 e. The first-order chi connectivity index (χ1) is 24.1. The van der Waals surface area contributed by atoms with Gasteiger partial charge >= 0.3 is 17.9 Å². The van der Waals surface area contributed by atoms with E-state index in [1.807, 2.05) is 19.9 Å². The molecule has 284 valence electrons. The molecule has 2 saturated carbocycles. The van der Waals surface area contributed by atoms with Crippen LogP contribution >= 0.6 is 0 Å². The Morgan fingerprint density at radius 1 is 0.902 bits per heavy atom. The summed E-state index contributed by atoms with van der Waals surface area (Å²) in [5.41, 5.74) is -4.85. The van der Waals surface area contributed by atoms with E-state index in [9.17, 15) is 29.4 Å². The number of ether oxygens (including phenoxy) is 3. The molecule has 2 N–H and O–H groups in total. The van der Waals surface area contributed by atoms with Gasteiger partial charge in [0.05, 0.1) is 5.60 Å². The molecule has 0 unspecified atom stereocenters. The first kappa shape index (κ1) is 40.7. The van der Waals surface area contributed by atoms with E-state index in [0.29, 0.717) is 17.6 Å². The lowest BCUT2D eigenvalue weighted by Gasteiger charge is -2.53. The molecule has 9 heteroatoms. The predicted molar refractivity (Wildman–Crippen MR) is 195 cm³/mol. The van der Waals surface area contributed by atoms with Crippen LogP contribution in [-0.2, 0) is 33.4 Å². The predicted octanol–water partition coefficient (Wildman–Crippen LogP) is 7.44. The quantitative estimate of drug-likeness (QED) is 0.0644. The number of carbonyl (C=O) groups is 4. The molecule has 2 fully saturated rings. The van der Waals surface area contributed by atoms with Crippen molar-refractivity contribution >= 4 is 23.7 Å². The average Bonchev–Trinajstić information content (AvgIpc) is 3.48. The summed E-state index contributed by atoms with van der Waals surface area (Å²) in [6.07, 6.45) is 23.5. The Morgan fingerprint density at radius 3 is 2.16 bits per heavy atom. The van der Waals surface area contributed by atoms with E-state index in [4.69, 9.17) is 14.2 Å². The highest BCUT2D eigenvalue weighted by Crippen LogP contribution is 2.77. The fraction of sp³-hybridized carbons (Fsp3) is 0.714. The highest BCUT2D eigenvalue weighted by molar-refractivity contribution is 6.04. The van der Waals surface area contributed by atoms with Crippen LogP contribution in [0.4, 0.5) is 0 Å². The van der Waals surface area contributed by atoms with Crippen molar-refractivity contribution in [2.75, 3.05) is 6.61 Å². The van der Waals surface area contributed by atoms with E-state index < -0.39 is 69.7 Å². The summed E-state index contributed by atoms with van der Waals surface area (Å²) in [6.45, 7) is 11.8. The Bertz CT molecular complexity index is 1420. The van der Waals surface area contributed by atoms with Crippen LogP contribution in [0.1, 0.15) is 132 Å². The van der Waals surface area contributed by atoms with Crippen LogP contribution in [-0.4, -0.2) is 63.4 Å². The van der Waals surface area contributed by atoms with Gasteiger partial charge in [0.15, 0.2) is 11.4 Å². The first-order valence-electron chi connectivity index (χ1n) is 19.3. The molecule has 0 heterocycles.